The summed E-state index contributed by atoms with van der Waals surface area (Å²) in [4.78, 5) is 0. The van der Waals surface area contributed by atoms with Gasteiger partial charge in [0.25, 0.3) is 0 Å². The first-order valence-corrected chi connectivity index (χ1v) is 8.31. The highest BCUT2D eigenvalue weighted by Crippen LogP contribution is 2.21. The molecular weight excluding hydrogens is 222 g/mol. The fourth-order valence-corrected chi connectivity index (χ4v) is 3.29. The molecule has 106 valence electrons. The average Bonchev–Trinajstić information content (AvgIpc) is 2.46. The molecule has 0 radical (unpaired) electrons. The number of hydrogen-bond acceptors (Lipinski definition) is 2. The van der Waals surface area contributed by atoms with Crippen LogP contribution in [0.15, 0.2) is 0 Å². The molecule has 2 rings (SSSR count). The Morgan fingerprint density at radius 3 is 1.56 bits per heavy atom. The molecule has 1 saturated carbocycles. The van der Waals surface area contributed by atoms with Crippen LogP contribution >= 0.6 is 0 Å². The van der Waals surface area contributed by atoms with Crippen LogP contribution in [0.2, 0.25) is 0 Å². The summed E-state index contributed by atoms with van der Waals surface area (Å²) in [5.74, 6) is 0. The Morgan fingerprint density at radius 1 is 0.556 bits per heavy atom. The summed E-state index contributed by atoms with van der Waals surface area (Å²) in [5.41, 5.74) is 0. The summed E-state index contributed by atoms with van der Waals surface area (Å²) >= 11 is 0. The van der Waals surface area contributed by atoms with Gasteiger partial charge in [-0.1, -0.05) is 51.4 Å². The van der Waals surface area contributed by atoms with E-state index in [0.29, 0.717) is 12.2 Å². The molecule has 1 heterocycles. The molecule has 18 heavy (non-hydrogen) atoms. The van der Waals surface area contributed by atoms with E-state index in [2.05, 4.69) is 5.32 Å². The molecule has 2 heteroatoms. The molecule has 0 amide bonds. The SMILES string of the molecule is C1CCCCCC(OC2CCNCC2)CCCC1. The van der Waals surface area contributed by atoms with E-state index in [4.69, 9.17) is 4.74 Å². The van der Waals surface area contributed by atoms with E-state index >= 15 is 0 Å². The topological polar surface area (TPSA) is 21.3 Å². The van der Waals surface area contributed by atoms with Crippen LogP contribution in [-0.2, 0) is 4.74 Å². The van der Waals surface area contributed by atoms with Crippen LogP contribution in [0.3, 0.4) is 0 Å². The maximum Gasteiger partial charge on any atom is 0.0603 e. The second-order valence-corrected chi connectivity index (χ2v) is 6.11. The number of nitrogens with one attached hydrogen (secondary N) is 1. The summed E-state index contributed by atoms with van der Waals surface area (Å²) in [6.07, 6.45) is 17.6. The van der Waals surface area contributed by atoms with E-state index in [1.54, 1.807) is 0 Å². The fourth-order valence-electron chi connectivity index (χ4n) is 3.29. The van der Waals surface area contributed by atoms with Crippen molar-refractivity contribution in [3.05, 3.63) is 0 Å². The lowest BCUT2D eigenvalue weighted by atomic mass is 10.0. The smallest absolute Gasteiger partial charge is 0.0603 e. The molecule has 0 aromatic heterocycles. The van der Waals surface area contributed by atoms with Gasteiger partial charge in [-0.25, -0.2) is 0 Å². The van der Waals surface area contributed by atoms with Gasteiger partial charge < -0.3 is 10.1 Å². The van der Waals surface area contributed by atoms with Crippen LogP contribution < -0.4 is 5.32 Å². The lowest BCUT2D eigenvalue weighted by Gasteiger charge is -2.28. The molecule has 2 fully saturated rings. The number of piperidine rings is 1. The van der Waals surface area contributed by atoms with Crippen molar-refractivity contribution in [2.75, 3.05) is 13.1 Å². The zero-order chi connectivity index (χ0) is 12.5. The summed E-state index contributed by atoms with van der Waals surface area (Å²) in [7, 11) is 0. The number of hydrogen-bond donors (Lipinski definition) is 1. The first kappa shape index (κ1) is 14.3. The molecule has 1 aliphatic heterocycles. The molecule has 2 aliphatic rings. The minimum Gasteiger partial charge on any atom is -0.375 e. The molecular formula is C16H31NO. The minimum absolute atomic E-state index is 0.543. The molecule has 0 aromatic carbocycles. The van der Waals surface area contributed by atoms with Crippen LogP contribution in [-0.4, -0.2) is 25.3 Å². The van der Waals surface area contributed by atoms with Gasteiger partial charge in [0.1, 0.15) is 0 Å². The van der Waals surface area contributed by atoms with Crippen LogP contribution in [0.25, 0.3) is 0 Å². The second-order valence-electron chi connectivity index (χ2n) is 6.11. The lowest BCUT2D eigenvalue weighted by molar-refractivity contribution is -0.0355. The quantitative estimate of drug-likeness (QED) is 0.802. The van der Waals surface area contributed by atoms with E-state index in [1.165, 1.54) is 77.0 Å². The van der Waals surface area contributed by atoms with E-state index in [9.17, 15) is 0 Å². The van der Waals surface area contributed by atoms with E-state index < -0.39 is 0 Å². The van der Waals surface area contributed by atoms with Crippen LogP contribution in [0.4, 0.5) is 0 Å². The maximum atomic E-state index is 6.36. The molecule has 0 unspecified atom stereocenters. The molecule has 0 aromatic rings. The van der Waals surface area contributed by atoms with Crippen molar-refractivity contribution in [3.8, 4) is 0 Å². The first-order valence-electron chi connectivity index (χ1n) is 8.31. The highest BCUT2D eigenvalue weighted by Gasteiger charge is 2.18. The van der Waals surface area contributed by atoms with Gasteiger partial charge in [0.05, 0.1) is 12.2 Å². The molecule has 0 atom stereocenters. The van der Waals surface area contributed by atoms with Gasteiger partial charge in [-0.2, -0.15) is 0 Å². The van der Waals surface area contributed by atoms with Crippen molar-refractivity contribution in [1.82, 2.24) is 5.32 Å². The van der Waals surface area contributed by atoms with Crippen molar-refractivity contribution in [2.45, 2.75) is 89.3 Å². The largest absolute Gasteiger partial charge is 0.375 e. The first-order chi connectivity index (χ1) is 8.95. The normalized spacial score (nSPS) is 26.7. The van der Waals surface area contributed by atoms with Crippen molar-refractivity contribution in [1.29, 1.82) is 0 Å². The van der Waals surface area contributed by atoms with Crippen molar-refractivity contribution >= 4 is 0 Å². The molecule has 1 aliphatic carbocycles. The third-order valence-electron chi connectivity index (χ3n) is 4.47. The average molecular weight is 253 g/mol. The van der Waals surface area contributed by atoms with Crippen molar-refractivity contribution in [2.24, 2.45) is 0 Å². The molecule has 1 saturated heterocycles. The van der Waals surface area contributed by atoms with E-state index in [-0.39, 0.29) is 0 Å². The van der Waals surface area contributed by atoms with Gasteiger partial charge in [0.2, 0.25) is 0 Å². The predicted molar refractivity (Wildman–Crippen MR) is 76.9 cm³/mol. The van der Waals surface area contributed by atoms with Gasteiger partial charge >= 0.3 is 0 Å². The van der Waals surface area contributed by atoms with E-state index in [1.807, 2.05) is 0 Å². The maximum absolute atomic E-state index is 6.36. The summed E-state index contributed by atoms with van der Waals surface area (Å²) in [6, 6.07) is 0. The third kappa shape index (κ3) is 5.71. The Kier molecular flexibility index (Phi) is 7.11. The molecule has 0 spiro atoms. The Bertz CT molecular complexity index is 189. The summed E-state index contributed by atoms with van der Waals surface area (Å²) in [6.45, 7) is 2.30. The highest BCUT2D eigenvalue weighted by atomic mass is 16.5. The fraction of sp³-hybridized carbons (Fsp3) is 1.00. The number of ether oxygens (including phenoxy) is 1. The van der Waals surface area contributed by atoms with Gasteiger partial charge in [-0.05, 0) is 38.8 Å². The highest BCUT2D eigenvalue weighted by molar-refractivity contribution is 4.71. The minimum atomic E-state index is 0.543. The van der Waals surface area contributed by atoms with E-state index in [0.717, 1.165) is 13.1 Å². The Hall–Kier alpha value is -0.0800. The van der Waals surface area contributed by atoms with Gasteiger partial charge in [-0.15, -0.1) is 0 Å². The number of rotatable bonds is 2. The van der Waals surface area contributed by atoms with Gasteiger partial charge in [0.15, 0.2) is 0 Å². The zero-order valence-electron chi connectivity index (χ0n) is 12.0. The monoisotopic (exact) mass is 253 g/mol. The molecule has 2 nitrogen and oxygen atoms in total. The third-order valence-corrected chi connectivity index (χ3v) is 4.47. The standard InChI is InChI=1S/C16H31NO/c1-2-4-6-8-10-15(9-7-5-3-1)18-16-11-13-17-14-12-16/h15-17H,1-14H2. The lowest BCUT2D eigenvalue weighted by Crippen LogP contribution is -2.34. The van der Waals surface area contributed by atoms with Crippen LogP contribution in [0.5, 0.6) is 0 Å². The zero-order valence-corrected chi connectivity index (χ0v) is 12.0. The predicted octanol–water partition coefficient (Wildman–Crippen LogP) is 4.04. The van der Waals surface area contributed by atoms with Gasteiger partial charge in [0, 0.05) is 0 Å². The summed E-state index contributed by atoms with van der Waals surface area (Å²) < 4.78 is 6.36. The van der Waals surface area contributed by atoms with Crippen LogP contribution in [0.1, 0.15) is 77.0 Å². The van der Waals surface area contributed by atoms with Crippen molar-refractivity contribution in [3.63, 3.8) is 0 Å². The van der Waals surface area contributed by atoms with Crippen LogP contribution in [0, 0.1) is 0 Å². The summed E-state index contributed by atoms with van der Waals surface area (Å²) in [5, 5.41) is 3.42. The Morgan fingerprint density at radius 2 is 1.00 bits per heavy atom. The molecule has 1 N–H and O–H groups in total. The second kappa shape index (κ2) is 8.92. The van der Waals surface area contributed by atoms with Gasteiger partial charge in [-0.3, -0.25) is 0 Å². The van der Waals surface area contributed by atoms with Crippen molar-refractivity contribution < 1.29 is 4.74 Å². The molecule has 0 bridgehead atoms. The Balaban J connectivity index is 1.71. The Labute approximate surface area is 113 Å².